The molecule has 2 rings (SSSR count). The van der Waals surface area contributed by atoms with E-state index in [2.05, 4.69) is 10.6 Å². The highest BCUT2D eigenvalue weighted by Crippen LogP contribution is 2.18. The number of hydrogen-bond acceptors (Lipinski definition) is 6. The standard InChI is InChI=1S/C20H25N3O6/c1-19(2,3)16(26)21-13-8-6-12(7-9-13)14(24)11-29-15(25)10-23-17(27)20(4,5)22-18(23)28/h6-9H,10-11H2,1-5H3,(H,21,26)(H,22,28). The zero-order valence-corrected chi connectivity index (χ0v) is 17.1. The lowest BCUT2D eigenvalue weighted by atomic mass is 9.95. The molecule has 1 heterocycles. The molecule has 1 aromatic rings. The Morgan fingerprint density at radius 2 is 1.69 bits per heavy atom. The summed E-state index contributed by atoms with van der Waals surface area (Å²) in [4.78, 5) is 60.6. The molecule has 9 nitrogen and oxygen atoms in total. The van der Waals surface area contributed by atoms with Crippen molar-refractivity contribution in [1.82, 2.24) is 10.2 Å². The van der Waals surface area contributed by atoms with E-state index in [1.807, 2.05) is 0 Å². The molecule has 0 saturated carbocycles. The average molecular weight is 403 g/mol. The Morgan fingerprint density at radius 3 is 2.17 bits per heavy atom. The molecule has 1 aromatic carbocycles. The van der Waals surface area contributed by atoms with Gasteiger partial charge in [0.2, 0.25) is 5.91 Å². The molecular weight excluding hydrogens is 378 g/mol. The topological polar surface area (TPSA) is 122 Å². The predicted octanol–water partition coefficient (Wildman–Crippen LogP) is 1.73. The molecule has 0 spiro atoms. The number of urea groups is 1. The first-order valence-corrected chi connectivity index (χ1v) is 9.06. The maximum Gasteiger partial charge on any atom is 0.326 e. The quantitative estimate of drug-likeness (QED) is 0.424. The number of benzene rings is 1. The molecule has 1 aliphatic heterocycles. The number of carbonyl (C=O) groups is 5. The van der Waals surface area contributed by atoms with Crippen molar-refractivity contribution >= 4 is 35.3 Å². The van der Waals surface area contributed by atoms with Crippen molar-refractivity contribution in [2.75, 3.05) is 18.5 Å². The Labute approximate surface area is 168 Å². The highest BCUT2D eigenvalue weighted by atomic mass is 16.5. The van der Waals surface area contributed by atoms with E-state index in [1.165, 1.54) is 26.0 Å². The number of hydrogen-bond donors (Lipinski definition) is 2. The largest absolute Gasteiger partial charge is 0.456 e. The fourth-order valence-corrected chi connectivity index (χ4v) is 2.42. The lowest BCUT2D eigenvalue weighted by Crippen LogP contribution is -2.41. The Hall–Kier alpha value is -3.23. The Kier molecular flexibility index (Phi) is 6.10. The number of imide groups is 1. The minimum absolute atomic E-state index is 0.158. The summed E-state index contributed by atoms with van der Waals surface area (Å²) < 4.78 is 4.89. The summed E-state index contributed by atoms with van der Waals surface area (Å²) in [6, 6.07) is 5.49. The smallest absolute Gasteiger partial charge is 0.326 e. The van der Waals surface area contributed by atoms with Gasteiger partial charge in [0.1, 0.15) is 12.1 Å². The monoisotopic (exact) mass is 403 g/mol. The van der Waals surface area contributed by atoms with Crippen LogP contribution in [0.5, 0.6) is 0 Å². The van der Waals surface area contributed by atoms with Gasteiger partial charge in [0.25, 0.3) is 5.91 Å². The van der Waals surface area contributed by atoms with E-state index in [0.29, 0.717) is 11.3 Å². The third-order valence-electron chi connectivity index (χ3n) is 4.24. The average Bonchev–Trinajstić information content (AvgIpc) is 2.81. The van der Waals surface area contributed by atoms with Gasteiger partial charge in [-0.2, -0.15) is 0 Å². The summed E-state index contributed by atoms with van der Waals surface area (Å²) in [5.74, 6) is -2.02. The summed E-state index contributed by atoms with van der Waals surface area (Å²) in [5.41, 5.74) is -0.801. The Bertz CT molecular complexity index is 852. The third-order valence-corrected chi connectivity index (χ3v) is 4.24. The molecular formula is C20H25N3O6. The number of Topliss-reactive ketones (excluding diaryl/α,β-unsaturated/α-hetero) is 1. The highest BCUT2D eigenvalue weighted by molar-refractivity contribution is 6.08. The first-order chi connectivity index (χ1) is 13.3. The van der Waals surface area contributed by atoms with Gasteiger partial charge in [-0.1, -0.05) is 20.8 Å². The Balaban J connectivity index is 1.87. The van der Waals surface area contributed by atoms with Gasteiger partial charge in [-0.3, -0.25) is 24.1 Å². The molecule has 2 N–H and O–H groups in total. The SMILES string of the molecule is CC(C)(C)C(=O)Nc1ccc(C(=O)COC(=O)CN2C(=O)NC(C)(C)C2=O)cc1. The van der Waals surface area contributed by atoms with Gasteiger partial charge in [0.15, 0.2) is 12.4 Å². The van der Waals surface area contributed by atoms with Crippen LogP contribution in [0.3, 0.4) is 0 Å². The molecule has 0 unspecified atom stereocenters. The van der Waals surface area contributed by atoms with Crippen molar-refractivity contribution in [2.24, 2.45) is 5.41 Å². The lowest BCUT2D eigenvalue weighted by molar-refractivity contribution is -0.146. The number of anilines is 1. The van der Waals surface area contributed by atoms with Gasteiger partial charge in [0, 0.05) is 16.7 Å². The fourth-order valence-electron chi connectivity index (χ4n) is 2.42. The van der Waals surface area contributed by atoms with Crippen LogP contribution in [0.15, 0.2) is 24.3 Å². The highest BCUT2D eigenvalue weighted by Gasteiger charge is 2.45. The van der Waals surface area contributed by atoms with Gasteiger partial charge in [-0.25, -0.2) is 4.79 Å². The Morgan fingerprint density at radius 1 is 1.10 bits per heavy atom. The van der Waals surface area contributed by atoms with E-state index in [1.54, 1.807) is 32.9 Å². The first-order valence-electron chi connectivity index (χ1n) is 9.06. The summed E-state index contributed by atoms with van der Waals surface area (Å²) in [7, 11) is 0. The van der Waals surface area contributed by atoms with Gasteiger partial charge in [-0.05, 0) is 38.1 Å². The minimum atomic E-state index is -1.09. The van der Waals surface area contributed by atoms with Crippen molar-refractivity contribution in [2.45, 2.75) is 40.2 Å². The molecule has 0 bridgehead atoms. The van der Waals surface area contributed by atoms with E-state index in [-0.39, 0.29) is 5.91 Å². The van der Waals surface area contributed by atoms with Gasteiger partial charge >= 0.3 is 12.0 Å². The molecule has 4 amide bonds. The number of carbonyl (C=O) groups excluding carboxylic acids is 5. The summed E-state index contributed by atoms with van der Waals surface area (Å²) in [5, 5.41) is 5.19. The normalized spacial score (nSPS) is 15.7. The number of rotatable bonds is 6. The molecule has 156 valence electrons. The molecule has 9 heteroatoms. The van der Waals surface area contributed by atoms with Gasteiger partial charge in [0.05, 0.1) is 0 Å². The number of amides is 4. The maximum atomic E-state index is 12.2. The zero-order chi connectivity index (χ0) is 22.0. The van der Waals surface area contributed by atoms with E-state index in [9.17, 15) is 24.0 Å². The van der Waals surface area contributed by atoms with Crippen LogP contribution in [0.2, 0.25) is 0 Å². The van der Waals surface area contributed by atoms with Crippen LogP contribution in [0, 0.1) is 5.41 Å². The van der Waals surface area contributed by atoms with Crippen molar-refractivity contribution in [3.05, 3.63) is 29.8 Å². The van der Waals surface area contributed by atoms with Crippen LogP contribution in [-0.2, 0) is 19.1 Å². The summed E-state index contributed by atoms with van der Waals surface area (Å²) in [6.45, 7) is 7.31. The minimum Gasteiger partial charge on any atom is -0.456 e. The van der Waals surface area contributed by atoms with Crippen molar-refractivity contribution in [1.29, 1.82) is 0 Å². The van der Waals surface area contributed by atoms with Crippen LogP contribution >= 0.6 is 0 Å². The number of esters is 1. The molecule has 0 atom stereocenters. The van der Waals surface area contributed by atoms with Crippen LogP contribution in [0.25, 0.3) is 0 Å². The first kappa shape index (κ1) is 22.1. The molecule has 1 fully saturated rings. The van der Waals surface area contributed by atoms with Crippen molar-refractivity contribution in [3.63, 3.8) is 0 Å². The van der Waals surface area contributed by atoms with E-state index in [0.717, 1.165) is 4.90 Å². The van der Waals surface area contributed by atoms with Crippen LogP contribution in [-0.4, -0.2) is 53.2 Å². The molecule has 29 heavy (non-hydrogen) atoms. The van der Waals surface area contributed by atoms with E-state index >= 15 is 0 Å². The second-order valence-electron chi connectivity index (χ2n) is 8.31. The zero-order valence-electron chi connectivity index (χ0n) is 17.1. The van der Waals surface area contributed by atoms with Crippen molar-refractivity contribution in [3.8, 4) is 0 Å². The molecule has 1 saturated heterocycles. The number of ether oxygens (including phenoxy) is 1. The van der Waals surface area contributed by atoms with Crippen molar-refractivity contribution < 1.29 is 28.7 Å². The second-order valence-corrected chi connectivity index (χ2v) is 8.31. The van der Waals surface area contributed by atoms with Crippen LogP contribution in [0.1, 0.15) is 45.0 Å². The van der Waals surface area contributed by atoms with Crippen LogP contribution in [0.4, 0.5) is 10.5 Å². The second kappa shape index (κ2) is 8.02. The maximum absolute atomic E-state index is 12.2. The van der Waals surface area contributed by atoms with E-state index in [4.69, 9.17) is 4.74 Å². The van der Waals surface area contributed by atoms with E-state index < -0.39 is 47.8 Å². The molecule has 1 aliphatic rings. The lowest BCUT2D eigenvalue weighted by Gasteiger charge is -2.17. The third kappa shape index (κ3) is 5.40. The van der Waals surface area contributed by atoms with Gasteiger partial charge < -0.3 is 15.4 Å². The molecule has 0 aliphatic carbocycles. The predicted molar refractivity (Wildman–Crippen MR) is 104 cm³/mol. The fraction of sp³-hybridized carbons (Fsp3) is 0.450. The molecule has 0 aromatic heterocycles. The summed E-state index contributed by atoms with van der Waals surface area (Å²) >= 11 is 0. The van der Waals surface area contributed by atoms with Crippen LogP contribution < -0.4 is 10.6 Å². The number of nitrogens with zero attached hydrogens (tertiary/aromatic N) is 1. The number of nitrogens with one attached hydrogen (secondary N) is 2. The number of ketones is 1. The van der Waals surface area contributed by atoms with Gasteiger partial charge in [-0.15, -0.1) is 0 Å². The summed E-state index contributed by atoms with van der Waals surface area (Å²) in [6.07, 6.45) is 0. The molecule has 0 radical (unpaired) electrons.